The third-order valence-corrected chi connectivity index (χ3v) is 3.96. The number of fused-ring (bicyclic) bond motifs is 1. The van der Waals surface area contributed by atoms with Crippen molar-refractivity contribution in [1.29, 1.82) is 0 Å². The number of rotatable bonds is 3. The van der Waals surface area contributed by atoms with Crippen molar-refractivity contribution in [3.63, 3.8) is 0 Å². The van der Waals surface area contributed by atoms with E-state index in [-0.39, 0.29) is 19.4 Å². The number of hydrogen-bond acceptors (Lipinski definition) is 7. The van der Waals surface area contributed by atoms with Gasteiger partial charge in [-0.3, -0.25) is 4.57 Å². The van der Waals surface area contributed by atoms with Gasteiger partial charge in [0.2, 0.25) is 0 Å². The number of anilines is 1. The zero-order chi connectivity index (χ0) is 14.3. The highest BCUT2D eigenvalue weighted by molar-refractivity contribution is 5.81. The molecule has 0 bridgehead atoms. The fourth-order valence-electron chi connectivity index (χ4n) is 2.61. The highest BCUT2D eigenvalue weighted by Gasteiger charge is 2.45. The van der Waals surface area contributed by atoms with Crippen LogP contribution in [0.3, 0.4) is 0 Å². The second-order valence-corrected chi connectivity index (χ2v) is 5.36. The Labute approximate surface area is 115 Å². The molecule has 108 valence electrons. The van der Waals surface area contributed by atoms with E-state index in [1.807, 2.05) is 6.92 Å². The number of hydrogen-bond donors (Lipinski definition) is 3. The van der Waals surface area contributed by atoms with Gasteiger partial charge in [0.25, 0.3) is 0 Å². The van der Waals surface area contributed by atoms with Crippen LogP contribution in [0.2, 0.25) is 0 Å². The molecule has 0 spiro atoms. The summed E-state index contributed by atoms with van der Waals surface area (Å²) in [6.45, 7) is 1.69. The monoisotopic (exact) mass is 279 g/mol. The number of aliphatic hydroxyl groups is 2. The highest BCUT2D eigenvalue weighted by atomic mass is 16.5. The minimum Gasteiger partial charge on any atom is -0.396 e. The molecule has 0 aliphatic carbocycles. The zero-order valence-corrected chi connectivity index (χ0v) is 11.1. The van der Waals surface area contributed by atoms with Crippen molar-refractivity contribution in [2.24, 2.45) is 5.41 Å². The predicted octanol–water partition coefficient (Wildman–Crippen LogP) is -0.313. The lowest BCUT2D eigenvalue weighted by atomic mass is 9.84. The van der Waals surface area contributed by atoms with Crippen LogP contribution >= 0.6 is 0 Å². The molecule has 4 N–H and O–H groups in total. The number of nitrogen functional groups attached to an aromatic ring is 1. The van der Waals surface area contributed by atoms with E-state index in [2.05, 4.69) is 15.0 Å². The van der Waals surface area contributed by atoms with Crippen LogP contribution in [0, 0.1) is 5.41 Å². The van der Waals surface area contributed by atoms with Crippen LogP contribution < -0.4 is 5.73 Å². The van der Waals surface area contributed by atoms with E-state index in [0.29, 0.717) is 23.4 Å². The average Bonchev–Trinajstić information content (AvgIpc) is 3.01. The number of aliphatic hydroxyl groups excluding tert-OH is 2. The molecule has 1 saturated heterocycles. The first-order chi connectivity index (χ1) is 9.59. The third kappa shape index (κ3) is 1.84. The standard InChI is InChI=1S/C12H17N5O3/c1-12(4-19)2-8(20-7(12)3-18)17-6-16-9-10(13)14-5-15-11(9)17/h5-8,18-19H,2-4H2,1H3,(H2,13,14,15). The van der Waals surface area contributed by atoms with Gasteiger partial charge in [0.1, 0.15) is 18.1 Å². The molecule has 2 aromatic heterocycles. The molecule has 3 rings (SSSR count). The summed E-state index contributed by atoms with van der Waals surface area (Å²) >= 11 is 0. The summed E-state index contributed by atoms with van der Waals surface area (Å²) in [7, 11) is 0. The predicted molar refractivity (Wildman–Crippen MR) is 70.5 cm³/mol. The Morgan fingerprint density at radius 2 is 2.25 bits per heavy atom. The molecule has 0 aromatic carbocycles. The smallest absolute Gasteiger partial charge is 0.167 e. The van der Waals surface area contributed by atoms with Gasteiger partial charge in [-0.2, -0.15) is 0 Å². The van der Waals surface area contributed by atoms with Gasteiger partial charge in [0, 0.05) is 11.8 Å². The van der Waals surface area contributed by atoms with E-state index < -0.39 is 11.5 Å². The molecule has 3 atom stereocenters. The molecule has 1 aliphatic rings. The lowest BCUT2D eigenvalue weighted by Crippen LogP contribution is -2.34. The highest BCUT2D eigenvalue weighted by Crippen LogP contribution is 2.43. The van der Waals surface area contributed by atoms with Gasteiger partial charge < -0.3 is 20.7 Å². The van der Waals surface area contributed by atoms with E-state index in [1.54, 1.807) is 10.9 Å². The van der Waals surface area contributed by atoms with Crippen molar-refractivity contribution in [2.75, 3.05) is 18.9 Å². The summed E-state index contributed by atoms with van der Waals surface area (Å²) in [5.74, 6) is 0.315. The Morgan fingerprint density at radius 1 is 1.45 bits per heavy atom. The lowest BCUT2D eigenvalue weighted by molar-refractivity contribution is -0.0518. The Hall–Kier alpha value is -1.77. The quantitative estimate of drug-likeness (QED) is 0.704. The largest absolute Gasteiger partial charge is 0.396 e. The first-order valence-corrected chi connectivity index (χ1v) is 6.39. The normalized spacial score (nSPS) is 30.1. The Bertz CT molecular complexity index is 631. The number of imidazole rings is 1. The summed E-state index contributed by atoms with van der Waals surface area (Å²) in [6.07, 6.45) is 2.76. The number of aromatic nitrogens is 4. The van der Waals surface area contributed by atoms with Gasteiger partial charge in [-0.15, -0.1) is 0 Å². The number of nitrogens with zero attached hydrogens (tertiary/aromatic N) is 4. The van der Waals surface area contributed by atoms with Crippen molar-refractivity contribution < 1.29 is 14.9 Å². The zero-order valence-electron chi connectivity index (χ0n) is 11.1. The van der Waals surface area contributed by atoms with E-state index >= 15 is 0 Å². The molecule has 3 heterocycles. The molecule has 8 heteroatoms. The van der Waals surface area contributed by atoms with Crippen LogP contribution in [-0.2, 0) is 4.74 Å². The third-order valence-electron chi connectivity index (χ3n) is 3.96. The molecule has 1 aliphatic heterocycles. The van der Waals surface area contributed by atoms with Crippen LogP contribution in [0.25, 0.3) is 11.2 Å². The summed E-state index contributed by atoms with van der Waals surface area (Å²) in [4.78, 5) is 12.3. The van der Waals surface area contributed by atoms with Crippen LogP contribution in [-0.4, -0.2) is 49.0 Å². The molecule has 20 heavy (non-hydrogen) atoms. The van der Waals surface area contributed by atoms with Crippen molar-refractivity contribution in [3.8, 4) is 0 Å². The van der Waals surface area contributed by atoms with E-state index in [9.17, 15) is 10.2 Å². The lowest BCUT2D eigenvalue weighted by Gasteiger charge is -2.25. The van der Waals surface area contributed by atoms with E-state index in [1.165, 1.54) is 6.33 Å². The summed E-state index contributed by atoms with van der Waals surface area (Å²) in [6, 6.07) is 0. The van der Waals surface area contributed by atoms with Crippen molar-refractivity contribution in [3.05, 3.63) is 12.7 Å². The maximum Gasteiger partial charge on any atom is 0.167 e. The second kappa shape index (κ2) is 4.65. The average molecular weight is 279 g/mol. The molecule has 8 nitrogen and oxygen atoms in total. The van der Waals surface area contributed by atoms with Gasteiger partial charge >= 0.3 is 0 Å². The molecule has 0 amide bonds. The van der Waals surface area contributed by atoms with E-state index in [0.717, 1.165) is 0 Å². The first kappa shape index (κ1) is 13.2. The maximum atomic E-state index is 9.54. The summed E-state index contributed by atoms with van der Waals surface area (Å²) in [5, 5.41) is 18.9. The van der Waals surface area contributed by atoms with Crippen LogP contribution in [0.1, 0.15) is 19.6 Å². The van der Waals surface area contributed by atoms with Gasteiger partial charge in [-0.25, -0.2) is 15.0 Å². The van der Waals surface area contributed by atoms with Crippen molar-refractivity contribution in [2.45, 2.75) is 25.7 Å². The van der Waals surface area contributed by atoms with Crippen molar-refractivity contribution >= 4 is 17.0 Å². The maximum absolute atomic E-state index is 9.54. The summed E-state index contributed by atoms with van der Waals surface area (Å²) in [5.41, 5.74) is 6.37. The fourth-order valence-corrected chi connectivity index (χ4v) is 2.61. The van der Waals surface area contributed by atoms with Gasteiger partial charge in [0.05, 0.1) is 25.6 Å². The molecular weight excluding hydrogens is 262 g/mol. The van der Waals surface area contributed by atoms with E-state index in [4.69, 9.17) is 10.5 Å². The topological polar surface area (TPSA) is 119 Å². The van der Waals surface area contributed by atoms with Gasteiger partial charge in [0.15, 0.2) is 11.5 Å². The Morgan fingerprint density at radius 3 is 2.90 bits per heavy atom. The van der Waals surface area contributed by atoms with Crippen LogP contribution in [0.5, 0.6) is 0 Å². The molecule has 0 saturated carbocycles. The van der Waals surface area contributed by atoms with Gasteiger partial charge in [-0.05, 0) is 0 Å². The fraction of sp³-hybridized carbons (Fsp3) is 0.583. The minimum absolute atomic E-state index is 0.0571. The Kier molecular flexibility index (Phi) is 3.08. The number of nitrogens with two attached hydrogens (primary N) is 1. The first-order valence-electron chi connectivity index (χ1n) is 6.39. The summed E-state index contributed by atoms with van der Waals surface area (Å²) < 4.78 is 7.58. The SMILES string of the molecule is CC1(CO)CC(n2cnc3c(N)ncnc32)OC1CO. The van der Waals surface area contributed by atoms with Crippen LogP contribution in [0.4, 0.5) is 5.82 Å². The Balaban J connectivity index is 1.99. The molecule has 1 fully saturated rings. The minimum atomic E-state index is -0.491. The van der Waals surface area contributed by atoms with Crippen LogP contribution in [0.15, 0.2) is 12.7 Å². The van der Waals surface area contributed by atoms with Gasteiger partial charge in [-0.1, -0.05) is 6.92 Å². The molecule has 0 radical (unpaired) electrons. The van der Waals surface area contributed by atoms with Crippen molar-refractivity contribution in [1.82, 2.24) is 19.5 Å². The molecular formula is C12H17N5O3. The number of ether oxygens (including phenoxy) is 1. The second-order valence-electron chi connectivity index (χ2n) is 5.36. The molecule has 3 unspecified atom stereocenters. The molecule has 2 aromatic rings.